The van der Waals surface area contributed by atoms with E-state index in [9.17, 15) is 8.78 Å². The third kappa shape index (κ3) is 2.08. The van der Waals surface area contributed by atoms with Gasteiger partial charge in [-0.15, -0.1) is 0 Å². The van der Waals surface area contributed by atoms with Crippen LogP contribution < -0.4 is 5.73 Å². The van der Waals surface area contributed by atoms with Crippen molar-refractivity contribution >= 4 is 0 Å². The van der Waals surface area contributed by atoms with Crippen molar-refractivity contribution in [2.75, 3.05) is 13.3 Å². The topological polar surface area (TPSA) is 46.2 Å². The lowest BCUT2D eigenvalue weighted by Gasteiger charge is -2.26. The fourth-order valence-electron chi connectivity index (χ4n) is 1.34. The van der Waals surface area contributed by atoms with Gasteiger partial charge < -0.3 is 10.8 Å². The standard InChI is InChI=1S/C10H13F2NO/c11-7-10(13,5-6-14)8-3-1-2-4-9(8)12/h1-4,14H,5-7,13H2. The molecule has 3 N–H and O–H groups in total. The minimum absolute atomic E-state index is 0.00440. The second-order valence-corrected chi connectivity index (χ2v) is 3.24. The number of benzene rings is 1. The zero-order valence-electron chi connectivity index (χ0n) is 7.71. The third-order valence-electron chi connectivity index (χ3n) is 2.21. The van der Waals surface area contributed by atoms with Crippen LogP contribution in [0.3, 0.4) is 0 Å². The summed E-state index contributed by atoms with van der Waals surface area (Å²) in [6.07, 6.45) is 0.00440. The van der Waals surface area contributed by atoms with Crippen LogP contribution in [0.25, 0.3) is 0 Å². The molecule has 4 heteroatoms. The summed E-state index contributed by atoms with van der Waals surface area (Å²) in [5, 5.41) is 8.72. The van der Waals surface area contributed by atoms with Crippen LogP contribution in [0.15, 0.2) is 24.3 Å². The van der Waals surface area contributed by atoms with Crippen LogP contribution >= 0.6 is 0 Å². The molecule has 1 rings (SSSR count). The van der Waals surface area contributed by atoms with Gasteiger partial charge in [0, 0.05) is 12.2 Å². The molecule has 0 saturated heterocycles. The molecule has 0 spiro atoms. The molecule has 1 aromatic rings. The van der Waals surface area contributed by atoms with Gasteiger partial charge in [-0.2, -0.15) is 0 Å². The van der Waals surface area contributed by atoms with Gasteiger partial charge in [-0.05, 0) is 12.5 Å². The maximum absolute atomic E-state index is 13.3. The smallest absolute Gasteiger partial charge is 0.128 e. The van der Waals surface area contributed by atoms with E-state index in [2.05, 4.69) is 0 Å². The van der Waals surface area contributed by atoms with E-state index in [0.717, 1.165) is 0 Å². The van der Waals surface area contributed by atoms with E-state index in [1.54, 1.807) is 6.07 Å². The number of hydrogen-bond donors (Lipinski definition) is 2. The number of nitrogens with two attached hydrogens (primary N) is 1. The van der Waals surface area contributed by atoms with Gasteiger partial charge in [0.1, 0.15) is 12.5 Å². The molecule has 0 aliphatic carbocycles. The van der Waals surface area contributed by atoms with Gasteiger partial charge in [0.05, 0.1) is 5.54 Å². The number of alkyl halides is 1. The fraction of sp³-hybridized carbons (Fsp3) is 0.400. The fourth-order valence-corrected chi connectivity index (χ4v) is 1.34. The van der Waals surface area contributed by atoms with Crippen molar-refractivity contribution in [3.05, 3.63) is 35.6 Å². The minimum atomic E-state index is -1.42. The van der Waals surface area contributed by atoms with Gasteiger partial charge in [-0.3, -0.25) is 0 Å². The average Bonchev–Trinajstić information content (AvgIpc) is 2.18. The molecular weight excluding hydrogens is 188 g/mol. The van der Waals surface area contributed by atoms with Crippen LogP contribution in [0, 0.1) is 5.82 Å². The first-order chi connectivity index (χ1) is 6.64. The number of hydrogen-bond acceptors (Lipinski definition) is 2. The van der Waals surface area contributed by atoms with Gasteiger partial charge in [-0.25, -0.2) is 8.78 Å². The van der Waals surface area contributed by atoms with E-state index in [1.807, 2.05) is 0 Å². The molecule has 0 fully saturated rings. The molecule has 0 aromatic heterocycles. The Morgan fingerprint density at radius 1 is 1.36 bits per heavy atom. The van der Waals surface area contributed by atoms with E-state index < -0.39 is 18.0 Å². The Balaban J connectivity index is 3.05. The van der Waals surface area contributed by atoms with Gasteiger partial charge in [0.15, 0.2) is 0 Å². The second-order valence-electron chi connectivity index (χ2n) is 3.24. The van der Waals surface area contributed by atoms with E-state index in [-0.39, 0.29) is 18.6 Å². The van der Waals surface area contributed by atoms with E-state index >= 15 is 0 Å². The van der Waals surface area contributed by atoms with Gasteiger partial charge in [-0.1, -0.05) is 18.2 Å². The summed E-state index contributed by atoms with van der Waals surface area (Å²) in [6.45, 7) is -1.16. The maximum Gasteiger partial charge on any atom is 0.128 e. The number of aliphatic hydroxyl groups is 1. The molecule has 0 saturated carbocycles. The highest BCUT2D eigenvalue weighted by molar-refractivity contribution is 5.26. The maximum atomic E-state index is 13.3. The van der Waals surface area contributed by atoms with Crippen molar-refractivity contribution in [2.45, 2.75) is 12.0 Å². The van der Waals surface area contributed by atoms with Crippen molar-refractivity contribution in [3.8, 4) is 0 Å². The highest BCUT2D eigenvalue weighted by Crippen LogP contribution is 2.24. The van der Waals surface area contributed by atoms with Gasteiger partial charge in [0.2, 0.25) is 0 Å². The first kappa shape index (κ1) is 11.1. The number of aliphatic hydroxyl groups excluding tert-OH is 1. The van der Waals surface area contributed by atoms with E-state index in [1.165, 1.54) is 18.2 Å². The Hall–Kier alpha value is -1.00. The van der Waals surface area contributed by atoms with E-state index in [4.69, 9.17) is 10.8 Å². The predicted molar refractivity (Wildman–Crippen MR) is 49.9 cm³/mol. The largest absolute Gasteiger partial charge is 0.396 e. The molecule has 0 amide bonds. The Morgan fingerprint density at radius 3 is 2.50 bits per heavy atom. The van der Waals surface area contributed by atoms with Crippen LogP contribution in [-0.2, 0) is 5.54 Å². The Kier molecular flexibility index (Phi) is 3.55. The zero-order valence-corrected chi connectivity index (χ0v) is 7.71. The molecule has 0 bridgehead atoms. The normalized spacial score (nSPS) is 15.1. The van der Waals surface area contributed by atoms with Crippen LogP contribution in [0.2, 0.25) is 0 Å². The highest BCUT2D eigenvalue weighted by atomic mass is 19.1. The lowest BCUT2D eigenvalue weighted by molar-refractivity contribution is 0.206. The molecular formula is C10H13F2NO. The first-order valence-corrected chi connectivity index (χ1v) is 4.35. The predicted octanol–water partition coefficient (Wildman–Crippen LogP) is 1.33. The summed E-state index contributed by atoms with van der Waals surface area (Å²) in [5.41, 5.74) is 4.35. The quantitative estimate of drug-likeness (QED) is 0.772. The Labute approximate surface area is 81.4 Å². The molecule has 0 heterocycles. The lowest BCUT2D eigenvalue weighted by atomic mass is 9.89. The number of rotatable bonds is 4. The third-order valence-corrected chi connectivity index (χ3v) is 2.21. The Bertz CT molecular complexity index is 306. The molecule has 0 aliphatic rings. The summed E-state index contributed by atoms with van der Waals surface area (Å²) >= 11 is 0. The molecule has 14 heavy (non-hydrogen) atoms. The molecule has 0 aliphatic heterocycles. The highest BCUT2D eigenvalue weighted by Gasteiger charge is 2.29. The van der Waals surface area contributed by atoms with Gasteiger partial charge in [0.25, 0.3) is 0 Å². The van der Waals surface area contributed by atoms with Crippen molar-refractivity contribution in [3.63, 3.8) is 0 Å². The summed E-state index contributed by atoms with van der Waals surface area (Å²) in [5.74, 6) is -0.541. The minimum Gasteiger partial charge on any atom is -0.396 e. The molecule has 1 unspecified atom stereocenters. The zero-order chi connectivity index (χ0) is 10.6. The van der Waals surface area contributed by atoms with Crippen molar-refractivity contribution in [1.29, 1.82) is 0 Å². The van der Waals surface area contributed by atoms with Crippen molar-refractivity contribution in [1.82, 2.24) is 0 Å². The molecule has 1 aromatic carbocycles. The molecule has 0 radical (unpaired) electrons. The number of halogens is 2. The van der Waals surface area contributed by atoms with Crippen LogP contribution in [0.1, 0.15) is 12.0 Å². The monoisotopic (exact) mass is 201 g/mol. The van der Waals surface area contributed by atoms with Crippen molar-refractivity contribution in [2.24, 2.45) is 5.73 Å². The van der Waals surface area contributed by atoms with Crippen LogP contribution in [0.5, 0.6) is 0 Å². The molecule has 78 valence electrons. The summed E-state index contributed by atoms with van der Waals surface area (Å²) in [4.78, 5) is 0. The summed E-state index contributed by atoms with van der Waals surface area (Å²) < 4.78 is 26.0. The first-order valence-electron chi connectivity index (χ1n) is 4.35. The molecule has 2 nitrogen and oxygen atoms in total. The van der Waals surface area contributed by atoms with Crippen LogP contribution in [0.4, 0.5) is 8.78 Å². The van der Waals surface area contributed by atoms with Crippen LogP contribution in [-0.4, -0.2) is 18.4 Å². The summed E-state index contributed by atoms with van der Waals surface area (Å²) in [7, 11) is 0. The van der Waals surface area contributed by atoms with Crippen molar-refractivity contribution < 1.29 is 13.9 Å². The van der Waals surface area contributed by atoms with Gasteiger partial charge >= 0.3 is 0 Å². The Morgan fingerprint density at radius 2 is 2.00 bits per heavy atom. The SMILES string of the molecule is NC(CF)(CCO)c1ccccc1F. The lowest BCUT2D eigenvalue weighted by Crippen LogP contribution is -2.40. The second kappa shape index (κ2) is 4.48. The van der Waals surface area contributed by atoms with E-state index in [0.29, 0.717) is 0 Å². The average molecular weight is 201 g/mol. The summed E-state index contributed by atoms with van der Waals surface area (Å²) in [6, 6.07) is 5.76. The molecule has 1 atom stereocenters.